The Kier molecular flexibility index (Phi) is 6.08. The summed E-state index contributed by atoms with van der Waals surface area (Å²) in [6.07, 6.45) is 3.46. The highest BCUT2D eigenvalue weighted by Crippen LogP contribution is 2.47. The van der Waals surface area contributed by atoms with Crippen LogP contribution in [0.3, 0.4) is 0 Å². The first-order chi connectivity index (χ1) is 13.7. The Morgan fingerprint density at radius 3 is 2.11 bits per heavy atom. The van der Waals surface area contributed by atoms with Crippen molar-refractivity contribution in [3.05, 3.63) is 71.8 Å². The third-order valence-corrected chi connectivity index (χ3v) is 6.26. The number of hydrogen-bond donors (Lipinski definition) is 1. The second-order valence-corrected chi connectivity index (χ2v) is 8.28. The van der Waals surface area contributed by atoms with Crippen molar-refractivity contribution in [3.63, 3.8) is 0 Å². The Hall–Kier alpha value is -2.17. The van der Waals surface area contributed by atoms with Crippen LogP contribution in [0.25, 0.3) is 0 Å². The van der Waals surface area contributed by atoms with Gasteiger partial charge in [-0.2, -0.15) is 0 Å². The number of carbonyl (C=O) groups excluding carboxylic acids is 1. The normalized spacial score (nSPS) is 19.3. The molecule has 1 amide bonds. The Labute approximate surface area is 168 Å². The van der Waals surface area contributed by atoms with Gasteiger partial charge in [-0.3, -0.25) is 9.69 Å². The quantitative estimate of drug-likeness (QED) is 0.768. The molecule has 0 unspecified atom stereocenters. The maximum absolute atomic E-state index is 12.4. The summed E-state index contributed by atoms with van der Waals surface area (Å²) >= 11 is 0. The van der Waals surface area contributed by atoms with Crippen molar-refractivity contribution in [1.29, 1.82) is 0 Å². The number of nitrogens with one attached hydrogen (secondary N) is 1. The number of hydrogen-bond acceptors (Lipinski definition) is 3. The summed E-state index contributed by atoms with van der Waals surface area (Å²) in [5.41, 5.74) is 2.95. The molecule has 4 heteroatoms. The number of nitrogens with zero attached hydrogens (tertiary/aromatic N) is 2. The molecule has 1 aliphatic carbocycles. The van der Waals surface area contributed by atoms with Crippen LogP contribution >= 0.6 is 0 Å². The summed E-state index contributed by atoms with van der Waals surface area (Å²) in [6.45, 7) is 6.45. The third kappa shape index (κ3) is 5.00. The molecule has 4 nitrogen and oxygen atoms in total. The molecule has 0 spiro atoms. The first-order valence-corrected chi connectivity index (χ1v) is 10.5. The van der Waals surface area contributed by atoms with E-state index in [2.05, 4.69) is 75.8 Å². The van der Waals surface area contributed by atoms with E-state index >= 15 is 0 Å². The fourth-order valence-corrected chi connectivity index (χ4v) is 4.14. The lowest BCUT2D eigenvalue weighted by molar-refractivity contribution is -0.122. The lowest BCUT2D eigenvalue weighted by Gasteiger charge is -2.34. The van der Waals surface area contributed by atoms with Gasteiger partial charge in [0, 0.05) is 44.7 Å². The first-order valence-electron chi connectivity index (χ1n) is 10.5. The molecular formula is C24H31N3O. The van der Waals surface area contributed by atoms with Crippen molar-refractivity contribution >= 4 is 5.91 Å². The maximum atomic E-state index is 12.4. The zero-order valence-corrected chi connectivity index (χ0v) is 16.6. The van der Waals surface area contributed by atoms with Gasteiger partial charge in [-0.05, 0) is 30.4 Å². The molecule has 28 heavy (non-hydrogen) atoms. The molecule has 1 saturated heterocycles. The van der Waals surface area contributed by atoms with Crippen LogP contribution < -0.4 is 5.32 Å². The van der Waals surface area contributed by atoms with E-state index in [9.17, 15) is 4.79 Å². The number of piperazine rings is 1. The average molecular weight is 378 g/mol. The summed E-state index contributed by atoms with van der Waals surface area (Å²) in [7, 11) is 0. The molecule has 2 fully saturated rings. The molecule has 2 aliphatic rings. The molecule has 0 bridgehead atoms. The van der Waals surface area contributed by atoms with Gasteiger partial charge < -0.3 is 10.2 Å². The van der Waals surface area contributed by atoms with E-state index in [4.69, 9.17) is 0 Å². The fraction of sp³-hybridized carbons (Fsp3) is 0.458. The van der Waals surface area contributed by atoms with Gasteiger partial charge in [0.1, 0.15) is 0 Å². The molecule has 0 atom stereocenters. The summed E-state index contributed by atoms with van der Waals surface area (Å²) in [5.74, 6) is 0.167. The Bertz CT molecular complexity index is 750. The first kappa shape index (κ1) is 19.2. The van der Waals surface area contributed by atoms with Crippen molar-refractivity contribution in [2.45, 2.75) is 24.7 Å². The topological polar surface area (TPSA) is 35.6 Å². The Morgan fingerprint density at radius 1 is 0.857 bits per heavy atom. The highest BCUT2D eigenvalue weighted by atomic mass is 16.2. The zero-order valence-electron chi connectivity index (χ0n) is 16.6. The molecule has 1 N–H and O–H groups in total. The molecule has 0 aromatic heterocycles. The molecule has 4 rings (SSSR count). The van der Waals surface area contributed by atoms with E-state index in [1.807, 2.05) is 0 Å². The molecular weight excluding hydrogens is 346 g/mol. The van der Waals surface area contributed by atoms with Crippen molar-refractivity contribution in [1.82, 2.24) is 15.1 Å². The lowest BCUT2D eigenvalue weighted by atomic mass is 9.96. The third-order valence-electron chi connectivity index (χ3n) is 6.26. The molecule has 0 radical (unpaired) electrons. The van der Waals surface area contributed by atoms with Gasteiger partial charge >= 0.3 is 0 Å². The SMILES string of the molecule is O=C(CN1CCN(CCc2ccccc2)CC1)NCC1(c2ccccc2)CC1. The second kappa shape index (κ2) is 8.89. The van der Waals surface area contributed by atoms with Gasteiger partial charge in [0.25, 0.3) is 0 Å². The van der Waals surface area contributed by atoms with E-state index in [0.717, 1.165) is 45.7 Å². The molecule has 1 aliphatic heterocycles. The highest BCUT2D eigenvalue weighted by Gasteiger charge is 2.44. The van der Waals surface area contributed by atoms with Crippen molar-refractivity contribution in [2.75, 3.05) is 45.8 Å². The smallest absolute Gasteiger partial charge is 0.234 e. The van der Waals surface area contributed by atoms with E-state index in [0.29, 0.717) is 6.54 Å². The molecule has 2 aromatic carbocycles. The predicted octanol–water partition coefficient (Wildman–Crippen LogP) is 2.69. The van der Waals surface area contributed by atoms with Gasteiger partial charge in [0.05, 0.1) is 6.54 Å². The van der Waals surface area contributed by atoms with Crippen LogP contribution in [0.15, 0.2) is 60.7 Å². The maximum Gasteiger partial charge on any atom is 0.234 e. The molecule has 148 valence electrons. The van der Waals surface area contributed by atoms with Crippen LogP contribution in [-0.2, 0) is 16.6 Å². The standard InChI is InChI=1S/C24H31N3O/c28-23(25-20-24(12-13-24)22-9-5-2-6-10-22)19-27-17-15-26(16-18-27)14-11-21-7-3-1-4-8-21/h1-10H,11-20H2,(H,25,28). The predicted molar refractivity (Wildman–Crippen MR) is 113 cm³/mol. The van der Waals surface area contributed by atoms with Gasteiger partial charge in [-0.15, -0.1) is 0 Å². The minimum atomic E-state index is 0.167. The van der Waals surface area contributed by atoms with Gasteiger partial charge in [0.15, 0.2) is 0 Å². The number of benzene rings is 2. The number of rotatable bonds is 8. The Balaban J connectivity index is 1.15. The van der Waals surface area contributed by atoms with Crippen molar-refractivity contribution < 1.29 is 4.79 Å². The largest absolute Gasteiger partial charge is 0.354 e. The minimum Gasteiger partial charge on any atom is -0.354 e. The zero-order chi connectivity index (χ0) is 19.2. The van der Waals surface area contributed by atoms with Crippen molar-refractivity contribution in [3.8, 4) is 0 Å². The second-order valence-electron chi connectivity index (χ2n) is 8.28. The number of carbonyl (C=O) groups is 1. The average Bonchev–Trinajstić information content (AvgIpc) is 3.55. The summed E-state index contributed by atoms with van der Waals surface area (Å²) in [4.78, 5) is 17.2. The summed E-state index contributed by atoms with van der Waals surface area (Å²) in [5, 5.41) is 3.19. The molecule has 2 aromatic rings. The Morgan fingerprint density at radius 2 is 1.46 bits per heavy atom. The van der Waals surface area contributed by atoms with Crippen LogP contribution in [-0.4, -0.2) is 61.5 Å². The van der Waals surface area contributed by atoms with E-state index in [1.165, 1.54) is 24.0 Å². The molecule has 1 saturated carbocycles. The lowest BCUT2D eigenvalue weighted by Crippen LogP contribution is -2.50. The fourth-order valence-electron chi connectivity index (χ4n) is 4.14. The van der Waals surface area contributed by atoms with Gasteiger partial charge in [0.2, 0.25) is 5.91 Å². The van der Waals surface area contributed by atoms with Crippen LogP contribution in [0.5, 0.6) is 0 Å². The van der Waals surface area contributed by atoms with E-state index < -0.39 is 0 Å². The van der Waals surface area contributed by atoms with Gasteiger partial charge in [-0.1, -0.05) is 60.7 Å². The summed E-state index contributed by atoms with van der Waals surface area (Å²) < 4.78 is 0. The van der Waals surface area contributed by atoms with Crippen LogP contribution in [0.1, 0.15) is 24.0 Å². The van der Waals surface area contributed by atoms with Crippen LogP contribution in [0.2, 0.25) is 0 Å². The minimum absolute atomic E-state index is 0.167. The highest BCUT2D eigenvalue weighted by molar-refractivity contribution is 5.78. The van der Waals surface area contributed by atoms with Gasteiger partial charge in [-0.25, -0.2) is 0 Å². The van der Waals surface area contributed by atoms with Crippen LogP contribution in [0.4, 0.5) is 0 Å². The van der Waals surface area contributed by atoms with Crippen LogP contribution in [0, 0.1) is 0 Å². The van der Waals surface area contributed by atoms with E-state index in [-0.39, 0.29) is 11.3 Å². The monoisotopic (exact) mass is 377 g/mol. The van der Waals surface area contributed by atoms with Crippen molar-refractivity contribution in [2.24, 2.45) is 0 Å². The van der Waals surface area contributed by atoms with E-state index in [1.54, 1.807) is 0 Å². The number of amides is 1. The summed E-state index contributed by atoms with van der Waals surface area (Å²) in [6, 6.07) is 21.3. The molecule has 1 heterocycles.